The van der Waals surface area contributed by atoms with Crippen LogP contribution in [0.2, 0.25) is 0 Å². The number of aliphatic hydroxyl groups is 1. The first-order valence-corrected chi connectivity index (χ1v) is 4.69. The van der Waals surface area contributed by atoms with E-state index in [9.17, 15) is 13.2 Å². The van der Waals surface area contributed by atoms with Gasteiger partial charge in [-0.25, -0.2) is 4.98 Å². The molecule has 0 aliphatic rings. The first kappa shape index (κ1) is 10.7. The summed E-state index contributed by atoms with van der Waals surface area (Å²) in [7, 11) is 0. The van der Waals surface area contributed by atoms with Gasteiger partial charge in [-0.2, -0.15) is 13.2 Å². The number of aliphatic hydroxyl groups excluding tert-OH is 1. The number of aromatic nitrogens is 1. The zero-order chi connectivity index (χ0) is 10.1. The molecule has 0 aliphatic heterocycles. The van der Waals surface area contributed by atoms with Crippen LogP contribution in [0.4, 0.5) is 19.0 Å². The molecule has 0 saturated carbocycles. The predicted octanol–water partition coefficient (Wildman–Crippen LogP) is 2.20. The fraction of sp³-hybridized carbons (Fsp3) is 0.400. The molecule has 74 valence electrons. The summed E-state index contributed by atoms with van der Waals surface area (Å²) in [5.74, 6) is -0.0123. The molecule has 3 nitrogen and oxygen atoms in total. The molecule has 1 aromatic rings. The Morgan fingerprint density at radius 2 is 2.23 bits per heavy atom. The Labute approximate surface area is 83.7 Å². The monoisotopic (exact) mass is 276 g/mol. The molecule has 0 amide bonds. The van der Waals surface area contributed by atoms with E-state index in [1.54, 1.807) is 5.32 Å². The number of anilines is 1. The number of alkyl halides is 3. The average molecular weight is 277 g/mol. The van der Waals surface area contributed by atoms with Crippen molar-refractivity contribution in [2.75, 3.05) is 5.32 Å². The van der Waals surface area contributed by atoms with Crippen molar-refractivity contribution in [3.63, 3.8) is 0 Å². The van der Waals surface area contributed by atoms with Crippen molar-refractivity contribution >= 4 is 33.1 Å². The van der Waals surface area contributed by atoms with Gasteiger partial charge in [0.2, 0.25) is 6.23 Å². The molecule has 0 spiro atoms. The highest BCUT2D eigenvalue weighted by Gasteiger charge is 2.38. The van der Waals surface area contributed by atoms with Crippen LogP contribution in [0.25, 0.3) is 0 Å². The highest BCUT2D eigenvalue weighted by Crippen LogP contribution is 2.24. The van der Waals surface area contributed by atoms with Crippen molar-refractivity contribution in [2.24, 2.45) is 0 Å². The van der Waals surface area contributed by atoms with Gasteiger partial charge in [-0.05, 0) is 15.9 Å². The van der Waals surface area contributed by atoms with E-state index in [-0.39, 0.29) is 5.82 Å². The third kappa shape index (κ3) is 3.12. The quantitative estimate of drug-likeness (QED) is 0.814. The second-order valence-electron chi connectivity index (χ2n) is 2.07. The van der Waals surface area contributed by atoms with Crippen LogP contribution in [-0.2, 0) is 0 Å². The van der Waals surface area contributed by atoms with Gasteiger partial charge in [0.1, 0.15) is 5.82 Å². The fourth-order valence-corrected chi connectivity index (χ4v) is 1.49. The topological polar surface area (TPSA) is 45.1 Å². The molecular formula is C5H4BrF3N2OS. The van der Waals surface area contributed by atoms with Gasteiger partial charge in [-0.1, -0.05) is 0 Å². The normalized spacial score (nSPS) is 14.2. The largest absolute Gasteiger partial charge is 0.433 e. The number of hydrogen-bond donors (Lipinski definition) is 2. The molecule has 0 fully saturated rings. The first-order valence-electron chi connectivity index (χ1n) is 3.02. The van der Waals surface area contributed by atoms with Gasteiger partial charge < -0.3 is 10.4 Å². The third-order valence-electron chi connectivity index (χ3n) is 1.07. The SMILES string of the molecule is OC(Nc1csc(Br)n1)C(F)(F)F. The smallest absolute Gasteiger partial charge is 0.366 e. The minimum Gasteiger partial charge on any atom is -0.366 e. The number of rotatable bonds is 2. The van der Waals surface area contributed by atoms with Crippen molar-refractivity contribution in [3.05, 3.63) is 9.30 Å². The van der Waals surface area contributed by atoms with Gasteiger partial charge in [0, 0.05) is 5.38 Å². The molecule has 1 aromatic heterocycles. The van der Waals surface area contributed by atoms with E-state index in [1.165, 1.54) is 5.38 Å². The lowest BCUT2D eigenvalue weighted by Crippen LogP contribution is -2.35. The van der Waals surface area contributed by atoms with E-state index in [4.69, 9.17) is 5.11 Å². The van der Waals surface area contributed by atoms with E-state index in [0.29, 0.717) is 3.92 Å². The maximum absolute atomic E-state index is 11.8. The summed E-state index contributed by atoms with van der Waals surface area (Å²) in [4.78, 5) is 3.63. The summed E-state index contributed by atoms with van der Waals surface area (Å²) in [6, 6.07) is 0. The zero-order valence-electron chi connectivity index (χ0n) is 5.97. The zero-order valence-corrected chi connectivity index (χ0v) is 8.37. The number of nitrogens with zero attached hydrogens (tertiary/aromatic N) is 1. The lowest BCUT2D eigenvalue weighted by molar-refractivity contribution is -0.194. The molecule has 1 rings (SSSR count). The minimum absolute atomic E-state index is 0.0123. The Balaban J connectivity index is 2.60. The maximum Gasteiger partial charge on any atom is 0.433 e. The maximum atomic E-state index is 11.8. The van der Waals surface area contributed by atoms with Gasteiger partial charge in [0.25, 0.3) is 0 Å². The van der Waals surface area contributed by atoms with Gasteiger partial charge in [-0.15, -0.1) is 11.3 Å². The molecule has 0 aromatic carbocycles. The Bertz CT molecular complexity index is 290. The Hall–Kier alpha value is -0.340. The van der Waals surface area contributed by atoms with Crippen LogP contribution in [0, 0.1) is 0 Å². The lowest BCUT2D eigenvalue weighted by Gasteiger charge is -2.14. The summed E-state index contributed by atoms with van der Waals surface area (Å²) in [6.45, 7) is 0. The standard InChI is InChI=1S/C5H4BrF3N2OS/c6-4-11-2(1-13-4)10-3(12)5(7,8)9/h1,3,10,12H. The fourth-order valence-electron chi connectivity index (χ4n) is 0.540. The van der Waals surface area contributed by atoms with E-state index < -0.39 is 12.4 Å². The van der Waals surface area contributed by atoms with Crippen LogP contribution < -0.4 is 5.32 Å². The Morgan fingerprint density at radius 3 is 2.62 bits per heavy atom. The van der Waals surface area contributed by atoms with E-state index in [0.717, 1.165) is 11.3 Å². The molecular weight excluding hydrogens is 273 g/mol. The predicted molar refractivity (Wildman–Crippen MR) is 45.5 cm³/mol. The summed E-state index contributed by atoms with van der Waals surface area (Å²) >= 11 is 4.10. The highest BCUT2D eigenvalue weighted by atomic mass is 79.9. The average Bonchev–Trinajstić information content (AvgIpc) is 2.33. The van der Waals surface area contributed by atoms with Crippen LogP contribution in [0.1, 0.15) is 0 Å². The van der Waals surface area contributed by atoms with E-state index in [1.807, 2.05) is 0 Å². The molecule has 1 heterocycles. The molecule has 0 aliphatic carbocycles. The van der Waals surface area contributed by atoms with E-state index >= 15 is 0 Å². The summed E-state index contributed by atoms with van der Waals surface area (Å²) in [5, 5.41) is 11.7. The van der Waals surface area contributed by atoms with Crippen molar-refractivity contribution in [2.45, 2.75) is 12.4 Å². The molecule has 0 bridgehead atoms. The molecule has 1 unspecified atom stereocenters. The van der Waals surface area contributed by atoms with E-state index in [2.05, 4.69) is 20.9 Å². The summed E-state index contributed by atoms with van der Waals surface area (Å²) in [5.41, 5.74) is 0. The van der Waals surface area contributed by atoms with Crippen LogP contribution in [0.5, 0.6) is 0 Å². The van der Waals surface area contributed by atoms with Crippen molar-refractivity contribution < 1.29 is 18.3 Å². The molecule has 8 heteroatoms. The first-order chi connectivity index (χ1) is 5.89. The molecule has 0 saturated heterocycles. The summed E-state index contributed by atoms with van der Waals surface area (Å²) < 4.78 is 35.8. The number of thiazole rings is 1. The van der Waals surface area contributed by atoms with Crippen LogP contribution in [0.15, 0.2) is 9.30 Å². The second-order valence-corrected chi connectivity index (χ2v) is 4.21. The molecule has 0 radical (unpaired) electrons. The van der Waals surface area contributed by atoms with Crippen molar-refractivity contribution in [1.82, 2.24) is 4.98 Å². The second kappa shape index (κ2) is 3.81. The molecule has 2 N–H and O–H groups in total. The number of hydrogen-bond acceptors (Lipinski definition) is 4. The van der Waals surface area contributed by atoms with Gasteiger partial charge in [0.15, 0.2) is 3.92 Å². The van der Waals surface area contributed by atoms with Gasteiger partial charge in [0.05, 0.1) is 0 Å². The van der Waals surface area contributed by atoms with Crippen LogP contribution >= 0.6 is 27.3 Å². The Kier molecular flexibility index (Phi) is 3.14. The lowest BCUT2D eigenvalue weighted by atomic mass is 10.5. The highest BCUT2D eigenvalue weighted by molar-refractivity contribution is 9.11. The molecule has 1 atom stereocenters. The Morgan fingerprint density at radius 1 is 1.62 bits per heavy atom. The third-order valence-corrected chi connectivity index (χ3v) is 2.44. The minimum atomic E-state index is -4.68. The molecule has 13 heavy (non-hydrogen) atoms. The van der Waals surface area contributed by atoms with Crippen LogP contribution in [-0.4, -0.2) is 22.5 Å². The van der Waals surface area contributed by atoms with Crippen molar-refractivity contribution in [1.29, 1.82) is 0 Å². The van der Waals surface area contributed by atoms with Gasteiger partial charge in [-0.3, -0.25) is 0 Å². The van der Waals surface area contributed by atoms with Gasteiger partial charge >= 0.3 is 6.18 Å². The van der Waals surface area contributed by atoms with Crippen LogP contribution in [0.3, 0.4) is 0 Å². The summed E-state index contributed by atoms with van der Waals surface area (Å²) in [6.07, 6.45) is -7.27. The van der Waals surface area contributed by atoms with Crippen molar-refractivity contribution in [3.8, 4) is 0 Å². The number of nitrogens with one attached hydrogen (secondary N) is 1. The number of halogens is 4.